The fraction of sp³-hybridized carbons (Fsp3) is 0.520. The highest BCUT2D eigenvalue weighted by Crippen LogP contribution is 2.41. The third-order valence-corrected chi connectivity index (χ3v) is 10.1. The molecule has 3 aliphatic rings. The molecule has 3 aliphatic heterocycles. The normalized spacial score (nSPS) is 24.6. The molecule has 0 amide bonds. The molecule has 3 N–H and O–H groups in total. The van der Waals surface area contributed by atoms with Gasteiger partial charge in [-0.1, -0.05) is 6.42 Å². The summed E-state index contributed by atoms with van der Waals surface area (Å²) in [6.07, 6.45) is 5.85. The molecule has 3 saturated heterocycles. The molecular weight excluding hydrogens is 506 g/mol. The van der Waals surface area contributed by atoms with E-state index >= 15 is 0 Å². The van der Waals surface area contributed by atoms with Crippen molar-refractivity contribution in [2.75, 3.05) is 30.4 Å². The predicted octanol–water partition coefficient (Wildman–Crippen LogP) is 2.11. The standard InChI is InChI=1S/C25H31N9O3S/c1-32(20-9-18-4-2-5-19(10-20)34(18)38(36,37)33-13-16(12-26)14-33)25-21-6-3-7-27-22(21)11-23(29-25)28-24-8-17(15-35)30-31-24/h3,6-8,11,16,18-20,35H,2,4-5,9-10,13-15H2,1H3,(H2,28,29,30,31)/t18-,19+,20?. The minimum atomic E-state index is -3.58. The van der Waals surface area contributed by atoms with Gasteiger partial charge in [0.2, 0.25) is 0 Å². The van der Waals surface area contributed by atoms with Crippen LogP contribution in [0.1, 0.15) is 37.8 Å². The van der Waals surface area contributed by atoms with Gasteiger partial charge in [-0.3, -0.25) is 10.1 Å². The minimum Gasteiger partial charge on any atom is -0.390 e. The molecule has 3 aromatic heterocycles. The van der Waals surface area contributed by atoms with E-state index in [1.807, 2.05) is 25.2 Å². The van der Waals surface area contributed by atoms with Crippen LogP contribution in [0.15, 0.2) is 30.5 Å². The molecule has 0 aliphatic carbocycles. The lowest BCUT2D eigenvalue weighted by Gasteiger charge is -2.52. The molecule has 6 heterocycles. The van der Waals surface area contributed by atoms with Crippen LogP contribution in [0.4, 0.5) is 17.5 Å². The lowest BCUT2D eigenvalue weighted by atomic mass is 9.83. The van der Waals surface area contributed by atoms with Crippen molar-refractivity contribution in [3.05, 3.63) is 36.2 Å². The number of piperidine rings is 2. The zero-order valence-electron chi connectivity index (χ0n) is 21.2. The Morgan fingerprint density at radius 2 is 2.00 bits per heavy atom. The van der Waals surface area contributed by atoms with Crippen molar-refractivity contribution in [1.29, 1.82) is 5.26 Å². The Hall–Kier alpha value is -3.31. The maximum Gasteiger partial charge on any atom is 0.282 e. The Morgan fingerprint density at radius 1 is 1.24 bits per heavy atom. The van der Waals surface area contributed by atoms with E-state index in [-0.39, 0.29) is 43.7 Å². The summed E-state index contributed by atoms with van der Waals surface area (Å²) in [5.41, 5.74) is 1.38. The number of aliphatic hydroxyl groups is 1. The summed E-state index contributed by atoms with van der Waals surface area (Å²) in [5.74, 6) is 1.69. The van der Waals surface area contributed by atoms with Crippen molar-refractivity contribution in [3.63, 3.8) is 0 Å². The van der Waals surface area contributed by atoms with Gasteiger partial charge < -0.3 is 15.3 Å². The van der Waals surface area contributed by atoms with E-state index in [2.05, 4.69) is 31.5 Å². The van der Waals surface area contributed by atoms with Gasteiger partial charge in [-0.15, -0.1) is 0 Å². The third-order valence-electron chi connectivity index (χ3n) is 8.02. The Morgan fingerprint density at radius 3 is 2.68 bits per heavy atom. The van der Waals surface area contributed by atoms with Gasteiger partial charge in [0.1, 0.15) is 11.6 Å². The fourth-order valence-electron chi connectivity index (χ4n) is 6.05. The minimum absolute atomic E-state index is 0.0762. The lowest BCUT2D eigenvalue weighted by molar-refractivity contribution is 0.0932. The molecular formula is C25H31N9O3S. The lowest BCUT2D eigenvalue weighted by Crippen LogP contribution is -2.64. The second-order valence-electron chi connectivity index (χ2n) is 10.4. The van der Waals surface area contributed by atoms with E-state index in [9.17, 15) is 13.5 Å². The number of H-pyrrole nitrogens is 1. The number of nitriles is 1. The number of aromatic nitrogens is 4. The number of aliphatic hydroxyl groups excluding tert-OH is 1. The van der Waals surface area contributed by atoms with E-state index < -0.39 is 10.2 Å². The number of aromatic amines is 1. The monoisotopic (exact) mass is 537 g/mol. The Kier molecular flexibility index (Phi) is 6.43. The first kappa shape index (κ1) is 25.0. The molecule has 0 saturated carbocycles. The highest BCUT2D eigenvalue weighted by molar-refractivity contribution is 7.86. The van der Waals surface area contributed by atoms with E-state index in [1.165, 1.54) is 4.31 Å². The van der Waals surface area contributed by atoms with Gasteiger partial charge in [0.05, 0.1) is 29.8 Å². The molecule has 12 nitrogen and oxygen atoms in total. The molecule has 2 bridgehead atoms. The number of nitrogens with zero attached hydrogens (tertiary/aromatic N) is 7. The van der Waals surface area contributed by atoms with Crippen LogP contribution in [0.3, 0.4) is 0 Å². The smallest absolute Gasteiger partial charge is 0.282 e. The average molecular weight is 538 g/mol. The number of hydrogen-bond acceptors (Lipinski definition) is 9. The van der Waals surface area contributed by atoms with Crippen LogP contribution in [0.25, 0.3) is 10.9 Å². The topological polar surface area (TPSA) is 154 Å². The maximum atomic E-state index is 13.5. The molecule has 0 radical (unpaired) electrons. The summed E-state index contributed by atoms with van der Waals surface area (Å²) >= 11 is 0. The second kappa shape index (κ2) is 9.77. The number of anilines is 3. The average Bonchev–Trinajstić information content (AvgIpc) is 3.33. The summed E-state index contributed by atoms with van der Waals surface area (Å²) in [4.78, 5) is 11.6. The Bertz CT molecular complexity index is 1470. The molecule has 0 aromatic carbocycles. The van der Waals surface area contributed by atoms with Crippen molar-refractivity contribution in [1.82, 2.24) is 28.8 Å². The van der Waals surface area contributed by atoms with Crippen LogP contribution in [-0.2, 0) is 16.8 Å². The Labute approximate surface area is 221 Å². The van der Waals surface area contributed by atoms with Gasteiger partial charge in [-0.05, 0) is 37.8 Å². The molecule has 6 rings (SSSR count). The summed E-state index contributed by atoms with van der Waals surface area (Å²) in [6.45, 7) is 0.440. The molecule has 3 aromatic rings. The Balaban J connectivity index is 1.27. The van der Waals surface area contributed by atoms with Crippen LogP contribution in [0.5, 0.6) is 0 Å². The number of fused-ring (bicyclic) bond motifs is 3. The van der Waals surface area contributed by atoms with Gasteiger partial charge in [0.25, 0.3) is 10.2 Å². The van der Waals surface area contributed by atoms with Crippen molar-refractivity contribution in [2.45, 2.75) is 56.8 Å². The largest absolute Gasteiger partial charge is 0.390 e. The quantitative estimate of drug-likeness (QED) is 0.411. The zero-order chi connectivity index (χ0) is 26.4. The first-order valence-corrected chi connectivity index (χ1v) is 14.4. The van der Waals surface area contributed by atoms with Crippen molar-refractivity contribution in [3.8, 4) is 6.07 Å². The number of pyridine rings is 2. The third kappa shape index (κ3) is 4.37. The summed E-state index contributed by atoms with van der Waals surface area (Å²) in [7, 11) is -1.56. The van der Waals surface area contributed by atoms with Crippen LogP contribution in [0.2, 0.25) is 0 Å². The number of rotatable bonds is 7. The van der Waals surface area contributed by atoms with Gasteiger partial charge in [0.15, 0.2) is 5.82 Å². The molecule has 200 valence electrons. The van der Waals surface area contributed by atoms with Crippen molar-refractivity contribution in [2.24, 2.45) is 5.92 Å². The molecule has 13 heteroatoms. The van der Waals surface area contributed by atoms with Gasteiger partial charge in [0, 0.05) is 62.0 Å². The highest BCUT2D eigenvalue weighted by atomic mass is 32.2. The molecule has 3 fully saturated rings. The highest BCUT2D eigenvalue weighted by Gasteiger charge is 2.49. The van der Waals surface area contributed by atoms with Crippen molar-refractivity contribution < 1.29 is 13.5 Å². The van der Waals surface area contributed by atoms with E-state index in [0.717, 1.165) is 36.0 Å². The van der Waals surface area contributed by atoms with Gasteiger partial charge >= 0.3 is 0 Å². The number of hydrogen-bond donors (Lipinski definition) is 3. The van der Waals surface area contributed by atoms with E-state index in [0.29, 0.717) is 30.2 Å². The van der Waals surface area contributed by atoms with Crippen LogP contribution >= 0.6 is 0 Å². The first-order chi connectivity index (χ1) is 18.4. The SMILES string of the molecule is CN(c1nc(Nc2cc(CO)[nH]n2)cc2ncccc12)C1C[C@H]2CCC[C@@H](C1)N2S(=O)(=O)N1CC(C#N)C1. The summed E-state index contributed by atoms with van der Waals surface area (Å²) in [6, 6.07) is 9.61. The molecule has 1 unspecified atom stereocenters. The van der Waals surface area contributed by atoms with Crippen molar-refractivity contribution >= 4 is 38.6 Å². The second-order valence-corrected chi connectivity index (χ2v) is 12.3. The molecule has 0 spiro atoms. The predicted molar refractivity (Wildman–Crippen MR) is 142 cm³/mol. The van der Waals surface area contributed by atoms with Crippen LogP contribution in [0, 0.1) is 17.2 Å². The van der Waals surface area contributed by atoms with Crippen LogP contribution in [-0.4, -0.2) is 80.6 Å². The van der Waals surface area contributed by atoms with E-state index in [4.69, 9.17) is 10.2 Å². The van der Waals surface area contributed by atoms with E-state index in [1.54, 1.807) is 16.6 Å². The van der Waals surface area contributed by atoms with Gasteiger partial charge in [-0.2, -0.15) is 27.4 Å². The van der Waals surface area contributed by atoms with Gasteiger partial charge in [-0.25, -0.2) is 4.98 Å². The fourth-order valence-corrected chi connectivity index (χ4v) is 8.19. The summed E-state index contributed by atoms with van der Waals surface area (Å²) in [5, 5.41) is 29.5. The maximum absolute atomic E-state index is 13.5. The number of nitrogens with one attached hydrogen (secondary N) is 2. The van der Waals surface area contributed by atoms with Crippen LogP contribution < -0.4 is 10.2 Å². The molecule has 3 atom stereocenters. The zero-order valence-corrected chi connectivity index (χ0v) is 22.0. The first-order valence-electron chi connectivity index (χ1n) is 13.0. The summed E-state index contributed by atoms with van der Waals surface area (Å²) < 4.78 is 30.2. The molecule has 38 heavy (non-hydrogen) atoms.